The Bertz CT molecular complexity index is 402. The molecule has 1 aliphatic rings. The van der Waals surface area contributed by atoms with E-state index in [1.807, 2.05) is 0 Å². The molecule has 2 rings (SSSR count). The molecule has 0 aliphatic heterocycles. The van der Waals surface area contributed by atoms with Crippen LogP contribution in [-0.2, 0) is 0 Å². The molecule has 80 valence electrons. The molecule has 0 saturated heterocycles. The molecule has 1 atom stereocenters. The van der Waals surface area contributed by atoms with E-state index in [0.29, 0.717) is 17.2 Å². The molecular formula is C10H13N3O2. The Balaban J connectivity index is 2.35. The van der Waals surface area contributed by atoms with Crippen LogP contribution in [0.1, 0.15) is 24.4 Å². The fourth-order valence-corrected chi connectivity index (χ4v) is 1.67. The van der Waals surface area contributed by atoms with E-state index in [1.165, 1.54) is 12.1 Å². The number of rotatable bonds is 3. The minimum absolute atomic E-state index is 0.0512. The summed E-state index contributed by atoms with van der Waals surface area (Å²) in [5, 5.41) is 10.6. The predicted octanol–water partition coefficient (Wildman–Crippen LogP) is 1.59. The molecule has 0 heterocycles. The third kappa shape index (κ3) is 1.92. The van der Waals surface area contributed by atoms with E-state index in [9.17, 15) is 10.1 Å². The zero-order valence-electron chi connectivity index (χ0n) is 8.22. The minimum atomic E-state index is -0.428. The lowest BCUT2D eigenvalue weighted by Crippen LogP contribution is -2.14. The second kappa shape index (κ2) is 3.51. The average molecular weight is 207 g/mol. The molecule has 1 unspecified atom stereocenters. The molecule has 0 radical (unpaired) electrons. The van der Waals surface area contributed by atoms with Crippen molar-refractivity contribution >= 4 is 11.4 Å². The fourth-order valence-electron chi connectivity index (χ4n) is 1.67. The quantitative estimate of drug-likeness (QED) is 0.447. The summed E-state index contributed by atoms with van der Waals surface area (Å²) >= 11 is 0. The summed E-state index contributed by atoms with van der Waals surface area (Å²) in [6, 6.07) is 4.27. The van der Waals surface area contributed by atoms with Crippen molar-refractivity contribution in [1.82, 2.24) is 0 Å². The van der Waals surface area contributed by atoms with E-state index < -0.39 is 4.92 Å². The lowest BCUT2D eigenvalue weighted by atomic mass is 10.0. The first-order valence-corrected chi connectivity index (χ1v) is 4.89. The van der Waals surface area contributed by atoms with Crippen molar-refractivity contribution < 1.29 is 4.92 Å². The zero-order valence-corrected chi connectivity index (χ0v) is 8.22. The van der Waals surface area contributed by atoms with Gasteiger partial charge in [-0.3, -0.25) is 10.1 Å². The smallest absolute Gasteiger partial charge is 0.269 e. The normalized spacial score (nSPS) is 17.4. The first-order chi connectivity index (χ1) is 7.09. The standard InChI is InChI=1S/C10H13N3O2/c11-9-4-3-7(13(14)15)5-8(9)10(12)6-1-2-6/h3-6,10H,1-2,11-12H2. The fraction of sp³-hybridized carbons (Fsp3) is 0.400. The lowest BCUT2D eigenvalue weighted by molar-refractivity contribution is -0.384. The number of nitrogens with zero attached hydrogens (tertiary/aromatic N) is 1. The molecule has 0 spiro atoms. The number of nitrogen functional groups attached to an aromatic ring is 1. The van der Waals surface area contributed by atoms with Gasteiger partial charge in [-0.05, 0) is 30.4 Å². The van der Waals surface area contributed by atoms with E-state index in [2.05, 4.69) is 0 Å². The van der Waals surface area contributed by atoms with Gasteiger partial charge in [0.1, 0.15) is 0 Å². The van der Waals surface area contributed by atoms with Gasteiger partial charge in [0, 0.05) is 23.9 Å². The first kappa shape index (κ1) is 9.92. The highest BCUT2D eigenvalue weighted by molar-refractivity contribution is 5.54. The van der Waals surface area contributed by atoms with Crippen molar-refractivity contribution in [2.24, 2.45) is 11.7 Å². The topological polar surface area (TPSA) is 95.2 Å². The lowest BCUT2D eigenvalue weighted by Gasteiger charge is -2.12. The minimum Gasteiger partial charge on any atom is -0.398 e. The molecule has 1 aromatic rings. The third-order valence-electron chi connectivity index (χ3n) is 2.77. The Morgan fingerprint density at radius 3 is 2.67 bits per heavy atom. The van der Waals surface area contributed by atoms with Gasteiger partial charge in [0.2, 0.25) is 0 Å². The summed E-state index contributed by atoms with van der Waals surface area (Å²) < 4.78 is 0. The molecule has 0 bridgehead atoms. The van der Waals surface area contributed by atoms with Crippen molar-refractivity contribution in [3.05, 3.63) is 33.9 Å². The Morgan fingerprint density at radius 2 is 2.13 bits per heavy atom. The second-order valence-corrected chi connectivity index (χ2v) is 3.93. The van der Waals surface area contributed by atoms with Gasteiger partial charge < -0.3 is 11.5 Å². The van der Waals surface area contributed by atoms with E-state index in [-0.39, 0.29) is 11.7 Å². The van der Waals surface area contributed by atoms with Gasteiger partial charge in [-0.25, -0.2) is 0 Å². The van der Waals surface area contributed by atoms with Gasteiger partial charge in [0.15, 0.2) is 0 Å². The molecular weight excluding hydrogens is 194 g/mol. The molecule has 0 aromatic heterocycles. The number of hydrogen-bond acceptors (Lipinski definition) is 4. The van der Waals surface area contributed by atoms with Gasteiger partial charge in [0.25, 0.3) is 5.69 Å². The Hall–Kier alpha value is -1.62. The SMILES string of the molecule is Nc1ccc([N+](=O)[O-])cc1C(N)C1CC1. The largest absolute Gasteiger partial charge is 0.398 e. The Kier molecular flexibility index (Phi) is 2.32. The molecule has 1 saturated carbocycles. The molecule has 1 aliphatic carbocycles. The number of non-ortho nitro benzene ring substituents is 1. The highest BCUT2D eigenvalue weighted by Gasteiger charge is 2.31. The van der Waals surface area contributed by atoms with Crippen LogP contribution in [0.3, 0.4) is 0 Å². The van der Waals surface area contributed by atoms with Crippen LogP contribution in [0, 0.1) is 16.0 Å². The van der Waals surface area contributed by atoms with Gasteiger partial charge in [-0.2, -0.15) is 0 Å². The maximum atomic E-state index is 10.6. The van der Waals surface area contributed by atoms with Crippen LogP contribution >= 0.6 is 0 Å². The van der Waals surface area contributed by atoms with Gasteiger partial charge in [-0.15, -0.1) is 0 Å². The van der Waals surface area contributed by atoms with Gasteiger partial charge in [-0.1, -0.05) is 0 Å². The summed E-state index contributed by atoms with van der Waals surface area (Å²) in [7, 11) is 0. The van der Waals surface area contributed by atoms with E-state index in [0.717, 1.165) is 12.8 Å². The summed E-state index contributed by atoms with van der Waals surface area (Å²) in [5.74, 6) is 0.439. The van der Waals surface area contributed by atoms with E-state index in [4.69, 9.17) is 11.5 Å². The summed E-state index contributed by atoms with van der Waals surface area (Å²) in [4.78, 5) is 10.2. The molecule has 1 aromatic carbocycles. The van der Waals surface area contributed by atoms with Crippen molar-refractivity contribution in [3.63, 3.8) is 0 Å². The molecule has 5 heteroatoms. The monoisotopic (exact) mass is 207 g/mol. The second-order valence-electron chi connectivity index (χ2n) is 3.93. The van der Waals surface area contributed by atoms with E-state index >= 15 is 0 Å². The number of hydrogen-bond donors (Lipinski definition) is 2. The van der Waals surface area contributed by atoms with Crippen LogP contribution < -0.4 is 11.5 Å². The average Bonchev–Trinajstić information content (AvgIpc) is 3.00. The van der Waals surface area contributed by atoms with Crippen LogP contribution in [0.2, 0.25) is 0 Å². The van der Waals surface area contributed by atoms with E-state index in [1.54, 1.807) is 6.07 Å². The highest BCUT2D eigenvalue weighted by Crippen LogP contribution is 2.41. The van der Waals surface area contributed by atoms with Crippen molar-refractivity contribution in [3.8, 4) is 0 Å². The first-order valence-electron chi connectivity index (χ1n) is 4.89. The van der Waals surface area contributed by atoms with Crippen LogP contribution in [0.15, 0.2) is 18.2 Å². The van der Waals surface area contributed by atoms with Crippen molar-refractivity contribution in [2.45, 2.75) is 18.9 Å². The number of benzene rings is 1. The van der Waals surface area contributed by atoms with Crippen molar-refractivity contribution in [2.75, 3.05) is 5.73 Å². The Morgan fingerprint density at radius 1 is 1.47 bits per heavy atom. The van der Waals surface area contributed by atoms with Crippen molar-refractivity contribution in [1.29, 1.82) is 0 Å². The zero-order chi connectivity index (χ0) is 11.0. The van der Waals surface area contributed by atoms with Gasteiger partial charge in [0.05, 0.1) is 4.92 Å². The maximum absolute atomic E-state index is 10.6. The Labute approximate surface area is 87.2 Å². The molecule has 1 fully saturated rings. The highest BCUT2D eigenvalue weighted by atomic mass is 16.6. The number of nitro benzene ring substituents is 1. The molecule has 0 amide bonds. The van der Waals surface area contributed by atoms with Crippen LogP contribution in [0.4, 0.5) is 11.4 Å². The predicted molar refractivity (Wildman–Crippen MR) is 57.2 cm³/mol. The number of nitrogens with two attached hydrogens (primary N) is 2. The van der Waals surface area contributed by atoms with Crippen LogP contribution in [0.25, 0.3) is 0 Å². The molecule has 5 nitrogen and oxygen atoms in total. The van der Waals surface area contributed by atoms with Crippen LogP contribution in [0.5, 0.6) is 0 Å². The summed E-state index contributed by atoms with van der Waals surface area (Å²) in [6.45, 7) is 0. The summed E-state index contributed by atoms with van der Waals surface area (Å²) in [5.41, 5.74) is 13.0. The maximum Gasteiger partial charge on any atom is 0.269 e. The summed E-state index contributed by atoms with van der Waals surface area (Å²) in [6.07, 6.45) is 2.17. The van der Waals surface area contributed by atoms with Crippen LogP contribution in [-0.4, -0.2) is 4.92 Å². The van der Waals surface area contributed by atoms with Gasteiger partial charge >= 0.3 is 0 Å². The number of nitro groups is 1. The third-order valence-corrected chi connectivity index (χ3v) is 2.77. The number of anilines is 1. The molecule has 15 heavy (non-hydrogen) atoms. The molecule has 4 N–H and O–H groups in total.